The van der Waals surface area contributed by atoms with E-state index in [0.29, 0.717) is 0 Å². The van der Waals surface area contributed by atoms with E-state index in [2.05, 4.69) is 24.1 Å². The van der Waals surface area contributed by atoms with Crippen molar-refractivity contribution in [3.63, 3.8) is 0 Å². The Labute approximate surface area is 74.7 Å². The van der Waals surface area contributed by atoms with Crippen molar-refractivity contribution in [1.29, 1.82) is 0 Å². The van der Waals surface area contributed by atoms with Crippen LogP contribution >= 0.6 is 11.8 Å². The number of thioether (sulfide) groups is 1. The summed E-state index contributed by atoms with van der Waals surface area (Å²) in [6.07, 6.45) is 0. The smallest absolute Gasteiger partial charge is 0.0415 e. The van der Waals surface area contributed by atoms with E-state index in [1.54, 1.807) is 0 Å². The van der Waals surface area contributed by atoms with E-state index >= 15 is 0 Å². The van der Waals surface area contributed by atoms with Crippen LogP contribution in [0.5, 0.6) is 0 Å². The van der Waals surface area contributed by atoms with Crippen LogP contribution in [0.25, 0.3) is 0 Å². The molecular formula is C8H20N2S. The van der Waals surface area contributed by atoms with Gasteiger partial charge >= 0.3 is 0 Å². The molecule has 0 saturated carbocycles. The van der Waals surface area contributed by atoms with Gasteiger partial charge in [-0.2, -0.15) is 0 Å². The molecule has 0 aliphatic rings. The van der Waals surface area contributed by atoms with Gasteiger partial charge < -0.3 is 10.2 Å². The zero-order chi connectivity index (χ0) is 8.53. The molecule has 0 radical (unpaired) electrons. The lowest BCUT2D eigenvalue weighted by Gasteiger charge is -2.16. The lowest BCUT2D eigenvalue weighted by Crippen LogP contribution is -2.25. The van der Waals surface area contributed by atoms with Crippen molar-refractivity contribution in [2.75, 3.05) is 38.3 Å². The SMILES string of the molecule is CCN(CC)CCSCNC. The molecule has 0 aliphatic heterocycles. The fourth-order valence-electron chi connectivity index (χ4n) is 0.908. The van der Waals surface area contributed by atoms with Crippen molar-refractivity contribution in [1.82, 2.24) is 10.2 Å². The number of nitrogens with zero attached hydrogens (tertiary/aromatic N) is 1. The normalized spacial score (nSPS) is 10.9. The lowest BCUT2D eigenvalue weighted by atomic mass is 10.5. The fourth-order valence-corrected chi connectivity index (χ4v) is 1.64. The molecule has 0 aromatic heterocycles. The molecule has 0 heterocycles. The van der Waals surface area contributed by atoms with E-state index in [4.69, 9.17) is 0 Å². The standard InChI is InChI=1S/C8H20N2S/c1-4-10(5-2)6-7-11-8-9-3/h9H,4-8H2,1-3H3. The summed E-state index contributed by atoms with van der Waals surface area (Å²) >= 11 is 1.96. The third-order valence-corrected chi connectivity index (χ3v) is 2.66. The van der Waals surface area contributed by atoms with Gasteiger partial charge in [0.15, 0.2) is 0 Å². The van der Waals surface area contributed by atoms with Crippen molar-refractivity contribution in [3.8, 4) is 0 Å². The lowest BCUT2D eigenvalue weighted by molar-refractivity contribution is 0.324. The highest BCUT2D eigenvalue weighted by atomic mass is 32.2. The predicted octanol–water partition coefficient (Wildman–Crippen LogP) is 1.24. The second-order valence-electron chi connectivity index (χ2n) is 2.43. The topological polar surface area (TPSA) is 15.3 Å². The van der Waals surface area contributed by atoms with Crippen LogP contribution in [0, 0.1) is 0 Å². The fraction of sp³-hybridized carbons (Fsp3) is 1.00. The van der Waals surface area contributed by atoms with Crippen LogP contribution in [0.15, 0.2) is 0 Å². The number of nitrogens with one attached hydrogen (secondary N) is 1. The summed E-state index contributed by atoms with van der Waals surface area (Å²) in [5.41, 5.74) is 0. The Morgan fingerprint density at radius 1 is 1.27 bits per heavy atom. The van der Waals surface area contributed by atoms with Crippen LogP contribution < -0.4 is 5.32 Å². The molecule has 0 rings (SSSR count). The third-order valence-electron chi connectivity index (χ3n) is 1.69. The van der Waals surface area contributed by atoms with Crippen LogP contribution in [0.4, 0.5) is 0 Å². The molecular weight excluding hydrogens is 156 g/mol. The van der Waals surface area contributed by atoms with Crippen LogP contribution in [0.2, 0.25) is 0 Å². The predicted molar refractivity (Wildman–Crippen MR) is 54.2 cm³/mol. The summed E-state index contributed by atoms with van der Waals surface area (Å²) in [6, 6.07) is 0. The van der Waals surface area contributed by atoms with Gasteiger partial charge in [-0.15, -0.1) is 11.8 Å². The highest BCUT2D eigenvalue weighted by Gasteiger charge is 1.96. The van der Waals surface area contributed by atoms with E-state index in [1.165, 1.54) is 25.4 Å². The van der Waals surface area contributed by atoms with E-state index < -0.39 is 0 Å². The Morgan fingerprint density at radius 2 is 1.91 bits per heavy atom. The van der Waals surface area contributed by atoms with Crippen molar-refractivity contribution in [2.45, 2.75) is 13.8 Å². The van der Waals surface area contributed by atoms with Gasteiger partial charge in [-0.3, -0.25) is 0 Å². The van der Waals surface area contributed by atoms with Crippen molar-refractivity contribution < 1.29 is 0 Å². The third kappa shape index (κ3) is 6.66. The van der Waals surface area contributed by atoms with Crippen molar-refractivity contribution >= 4 is 11.8 Å². The van der Waals surface area contributed by atoms with Gasteiger partial charge in [0.1, 0.15) is 0 Å². The van der Waals surface area contributed by atoms with E-state index in [1.807, 2.05) is 18.8 Å². The summed E-state index contributed by atoms with van der Waals surface area (Å²) < 4.78 is 0. The van der Waals surface area contributed by atoms with Crippen molar-refractivity contribution in [2.24, 2.45) is 0 Å². The Bertz CT molecular complexity index is 74.5. The van der Waals surface area contributed by atoms with Crippen LogP contribution in [-0.2, 0) is 0 Å². The number of rotatable bonds is 7. The van der Waals surface area contributed by atoms with Gasteiger partial charge in [-0.05, 0) is 20.1 Å². The molecule has 0 bridgehead atoms. The molecule has 0 amide bonds. The minimum Gasteiger partial charge on any atom is -0.311 e. The molecule has 0 aliphatic carbocycles. The molecule has 3 heteroatoms. The quantitative estimate of drug-likeness (QED) is 0.464. The minimum atomic E-state index is 1.07. The Morgan fingerprint density at radius 3 is 2.36 bits per heavy atom. The molecule has 0 saturated heterocycles. The maximum atomic E-state index is 3.12. The zero-order valence-electron chi connectivity index (χ0n) is 7.89. The molecule has 0 atom stereocenters. The first-order valence-corrected chi connectivity index (χ1v) is 5.45. The molecule has 0 aromatic carbocycles. The number of hydrogen-bond acceptors (Lipinski definition) is 3. The molecule has 2 nitrogen and oxygen atoms in total. The average molecular weight is 176 g/mol. The van der Waals surface area contributed by atoms with Gasteiger partial charge in [0.25, 0.3) is 0 Å². The molecule has 0 spiro atoms. The Kier molecular flexibility index (Phi) is 8.57. The van der Waals surface area contributed by atoms with Crippen LogP contribution in [0.3, 0.4) is 0 Å². The first kappa shape index (κ1) is 11.3. The summed E-state index contributed by atoms with van der Waals surface area (Å²) in [5, 5.41) is 3.12. The second-order valence-corrected chi connectivity index (χ2v) is 3.54. The van der Waals surface area contributed by atoms with Crippen LogP contribution in [-0.4, -0.2) is 43.2 Å². The molecule has 0 fully saturated rings. The summed E-state index contributed by atoms with van der Waals surface area (Å²) in [7, 11) is 1.99. The maximum Gasteiger partial charge on any atom is 0.0415 e. The highest BCUT2D eigenvalue weighted by Crippen LogP contribution is 1.97. The monoisotopic (exact) mass is 176 g/mol. The molecule has 0 unspecified atom stereocenters. The van der Waals surface area contributed by atoms with E-state index in [9.17, 15) is 0 Å². The van der Waals surface area contributed by atoms with Gasteiger partial charge in [0.05, 0.1) is 0 Å². The largest absolute Gasteiger partial charge is 0.311 e. The maximum absolute atomic E-state index is 3.12. The minimum absolute atomic E-state index is 1.07. The first-order valence-electron chi connectivity index (χ1n) is 4.29. The van der Waals surface area contributed by atoms with Gasteiger partial charge in [-0.25, -0.2) is 0 Å². The van der Waals surface area contributed by atoms with Gasteiger partial charge in [0, 0.05) is 18.2 Å². The molecule has 1 N–H and O–H groups in total. The van der Waals surface area contributed by atoms with Gasteiger partial charge in [0.2, 0.25) is 0 Å². The Balaban J connectivity index is 3.07. The zero-order valence-corrected chi connectivity index (χ0v) is 8.71. The molecule has 0 aromatic rings. The van der Waals surface area contributed by atoms with Crippen molar-refractivity contribution in [3.05, 3.63) is 0 Å². The average Bonchev–Trinajstić information content (AvgIpc) is 2.05. The summed E-state index contributed by atoms with van der Waals surface area (Å²) in [6.45, 7) is 8.01. The molecule has 11 heavy (non-hydrogen) atoms. The van der Waals surface area contributed by atoms with Crippen LogP contribution in [0.1, 0.15) is 13.8 Å². The molecule has 68 valence electrons. The Hall–Kier alpha value is 0.270. The van der Waals surface area contributed by atoms with E-state index in [-0.39, 0.29) is 0 Å². The number of hydrogen-bond donors (Lipinski definition) is 1. The van der Waals surface area contributed by atoms with Gasteiger partial charge in [-0.1, -0.05) is 13.8 Å². The summed E-state index contributed by atoms with van der Waals surface area (Å²) in [5.74, 6) is 2.31. The highest BCUT2D eigenvalue weighted by molar-refractivity contribution is 7.99. The first-order chi connectivity index (χ1) is 5.35. The van der Waals surface area contributed by atoms with E-state index in [0.717, 1.165) is 5.88 Å². The summed E-state index contributed by atoms with van der Waals surface area (Å²) in [4.78, 5) is 2.45. The second kappa shape index (κ2) is 8.37.